The lowest BCUT2D eigenvalue weighted by atomic mass is 10.0. The summed E-state index contributed by atoms with van der Waals surface area (Å²) in [5.41, 5.74) is 9.38. The smallest absolute Gasteiger partial charge is 0.332 e. The molecule has 0 aliphatic carbocycles. The van der Waals surface area contributed by atoms with E-state index < -0.39 is 36.1 Å². The first-order chi connectivity index (χ1) is 28.7. The van der Waals surface area contributed by atoms with Crippen LogP contribution < -0.4 is 26.6 Å². The number of aromatic nitrogens is 1. The molecule has 2 saturated heterocycles. The molecule has 0 bridgehead atoms. The average Bonchev–Trinajstić information content (AvgIpc) is 3.25. The van der Waals surface area contributed by atoms with Crippen LogP contribution >= 0.6 is 31.9 Å². The van der Waals surface area contributed by atoms with Crippen LogP contribution in [0.1, 0.15) is 50.2 Å². The lowest BCUT2D eigenvalue weighted by molar-refractivity contribution is -0.145. The fraction of sp³-hybridized carbons (Fsp3) is 0.463. The third-order valence-corrected chi connectivity index (χ3v) is 11.9. The molecular weight excluding hydrogens is 906 g/mol. The Bertz CT molecular complexity index is 1940. The Morgan fingerprint density at radius 1 is 0.917 bits per heavy atom. The van der Waals surface area contributed by atoms with Gasteiger partial charge in [-0.25, -0.2) is 14.4 Å². The molecule has 8 N–H and O–H groups in total. The molecular formula is C41H53Br2N9O8. The molecule has 0 spiro atoms. The molecule has 3 aromatic rings. The van der Waals surface area contributed by atoms with Gasteiger partial charge in [-0.1, -0.05) is 18.2 Å². The number of phenols is 1. The molecule has 1 aromatic heterocycles. The predicted molar refractivity (Wildman–Crippen MR) is 232 cm³/mol. The van der Waals surface area contributed by atoms with Gasteiger partial charge in [0.05, 0.1) is 8.95 Å². The number of fused-ring (bicyclic) bond motifs is 1. The van der Waals surface area contributed by atoms with Crippen LogP contribution in [0.3, 0.4) is 0 Å². The number of hydrogen-bond donors (Lipinski definition) is 7. The van der Waals surface area contributed by atoms with E-state index >= 15 is 0 Å². The van der Waals surface area contributed by atoms with Crippen molar-refractivity contribution in [1.82, 2.24) is 30.3 Å². The Hall–Kier alpha value is -4.98. The van der Waals surface area contributed by atoms with Gasteiger partial charge in [-0.15, -0.1) is 0 Å². The number of carboxylic acid groups (broad SMARTS) is 1. The third-order valence-electron chi connectivity index (χ3n) is 10.7. The van der Waals surface area contributed by atoms with E-state index in [9.17, 15) is 29.1 Å². The minimum Gasteiger partial charge on any atom is -0.506 e. The number of hydrogen-bond acceptors (Lipinski definition) is 10. The summed E-state index contributed by atoms with van der Waals surface area (Å²) < 4.78 is 0.870. The zero-order valence-corrected chi connectivity index (χ0v) is 36.6. The van der Waals surface area contributed by atoms with Gasteiger partial charge in [0.1, 0.15) is 23.9 Å². The second-order valence-corrected chi connectivity index (χ2v) is 16.6. The second-order valence-electron chi connectivity index (χ2n) is 14.9. The summed E-state index contributed by atoms with van der Waals surface area (Å²) in [5.74, 6) is -1.81. The third kappa shape index (κ3) is 12.5. The number of aliphatic carboxylic acids is 1. The molecule has 1 unspecified atom stereocenters. The van der Waals surface area contributed by atoms with E-state index in [0.717, 1.165) is 16.9 Å². The summed E-state index contributed by atoms with van der Waals surface area (Å²) in [6.07, 6.45) is 5.30. The van der Waals surface area contributed by atoms with Crippen LogP contribution in [0.4, 0.5) is 21.0 Å². The van der Waals surface area contributed by atoms with Gasteiger partial charge in [-0.3, -0.25) is 14.6 Å². The maximum absolute atomic E-state index is 14.2. The highest BCUT2D eigenvalue weighted by Crippen LogP contribution is 2.34. The number of amides is 6. The van der Waals surface area contributed by atoms with Crippen LogP contribution in [0.25, 0.3) is 0 Å². The quantitative estimate of drug-likeness (QED) is 0.122. The number of nitrogens with zero attached hydrogens (tertiary/aromatic N) is 5. The van der Waals surface area contributed by atoms with E-state index in [0.29, 0.717) is 99.0 Å². The normalized spacial score (nSPS) is 17.0. The number of rotatable bonds is 13. The molecule has 2 aromatic carbocycles. The van der Waals surface area contributed by atoms with Crippen molar-refractivity contribution in [3.8, 4) is 5.75 Å². The van der Waals surface area contributed by atoms with Crippen LogP contribution in [-0.4, -0.2) is 135 Å². The fourth-order valence-electron chi connectivity index (χ4n) is 7.30. The van der Waals surface area contributed by atoms with Crippen molar-refractivity contribution in [1.29, 1.82) is 0 Å². The van der Waals surface area contributed by atoms with Crippen molar-refractivity contribution in [3.05, 3.63) is 81.0 Å². The number of benzene rings is 2. The molecule has 324 valence electrons. The van der Waals surface area contributed by atoms with Crippen molar-refractivity contribution in [2.24, 2.45) is 5.73 Å². The fourth-order valence-corrected chi connectivity index (χ4v) is 8.58. The number of piperazine rings is 1. The first-order valence-electron chi connectivity index (χ1n) is 20.0. The van der Waals surface area contributed by atoms with E-state index in [1.54, 1.807) is 34.3 Å². The van der Waals surface area contributed by atoms with Crippen LogP contribution in [0.2, 0.25) is 0 Å². The highest BCUT2D eigenvalue weighted by Gasteiger charge is 2.35. The number of unbranched alkanes of at least 4 members (excludes halogenated alkanes) is 1. The average molecular weight is 960 g/mol. The van der Waals surface area contributed by atoms with Crippen molar-refractivity contribution in [2.45, 2.75) is 76.2 Å². The summed E-state index contributed by atoms with van der Waals surface area (Å²) >= 11 is 6.74. The van der Waals surface area contributed by atoms with Crippen LogP contribution in [0.15, 0.2) is 69.9 Å². The molecule has 2 fully saturated rings. The Morgan fingerprint density at radius 2 is 1.55 bits per heavy atom. The number of likely N-dealkylation sites (tertiary alicyclic amines) is 1. The zero-order valence-electron chi connectivity index (χ0n) is 33.4. The van der Waals surface area contributed by atoms with Gasteiger partial charge in [-0.05, 0) is 119 Å². The van der Waals surface area contributed by atoms with Crippen LogP contribution in [-0.2, 0) is 27.3 Å². The largest absolute Gasteiger partial charge is 0.506 e. The van der Waals surface area contributed by atoms with E-state index in [1.165, 1.54) is 6.92 Å². The van der Waals surface area contributed by atoms with E-state index in [-0.39, 0.29) is 30.2 Å². The second kappa shape index (κ2) is 22.0. The molecule has 4 heterocycles. The molecule has 3 aliphatic rings. The monoisotopic (exact) mass is 957 g/mol. The van der Waals surface area contributed by atoms with Gasteiger partial charge in [0.15, 0.2) is 0 Å². The number of halogens is 2. The molecule has 0 saturated carbocycles. The highest BCUT2D eigenvalue weighted by molar-refractivity contribution is 9.11. The number of phenolic OH excluding ortho intramolecular Hbond substituents is 1. The number of aliphatic hydroxyl groups excluding tert-OH is 1. The Kier molecular flexibility index (Phi) is 16.9. The number of para-hydroxylation sites is 1. The maximum atomic E-state index is 14.2. The van der Waals surface area contributed by atoms with Gasteiger partial charge >= 0.3 is 18.0 Å². The first-order valence-corrected chi connectivity index (χ1v) is 21.6. The lowest BCUT2D eigenvalue weighted by Crippen LogP contribution is -2.59. The molecule has 19 heteroatoms. The Balaban J connectivity index is 0.00000106. The lowest BCUT2D eigenvalue weighted by Gasteiger charge is -2.40. The number of carbonyl (C=O) groups is 5. The van der Waals surface area contributed by atoms with E-state index in [1.807, 2.05) is 41.3 Å². The van der Waals surface area contributed by atoms with E-state index in [4.69, 9.17) is 15.9 Å². The molecule has 3 atom stereocenters. The van der Waals surface area contributed by atoms with Crippen LogP contribution in [0.5, 0.6) is 5.75 Å². The number of urea groups is 2. The standard InChI is InChI=1S/C38H47Br2N9O5.C3H6O3/c39-29-21-25(22-30(40)34(29)50)23-33(45-37(53)48-15-10-28(11-16-48)49-24-26-5-1-2-6-31(26)44-38(49)54)35(51)43-32(7-3-4-12-41)36(52)47-19-17-46(18-20-47)27-8-13-42-14-9-27;1-2(4)3(5)6/h1-2,5-6,8-9,13-14,21-22,28,32-33,50H,3-4,7,10-12,15-20,23-24,41H2,(H,43,51)(H,44,54)(H,45,53);2,4H,1H3,(H,5,6)/t32-,33+;/m0./s1. The SMILES string of the molecule is CC(O)C(=O)O.NCCCC[C@H](NC(=O)[C@@H](Cc1cc(Br)c(O)c(Br)c1)NC(=O)N1CCC(N2Cc3ccccc3NC2=O)CC1)C(=O)N1CCN(c2ccncc2)CC1. The Morgan fingerprint density at radius 3 is 2.17 bits per heavy atom. The van der Waals surface area contributed by atoms with Crippen LogP contribution in [0, 0.1) is 0 Å². The van der Waals surface area contributed by atoms with Gasteiger partial charge in [0, 0.05) is 82.0 Å². The number of nitrogens with two attached hydrogens (primary N) is 1. The predicted octanol–water partition coefficient (Wildman–Crippen LogP) is 3.86. The summed E-state index contributed by atoms with van der Waals surface area (Å²) in [6.45, 7) is 5.27. The topological polar surface area (TPSA) is 234 Å². The summed E-state index contributed by atoms with van der Waals surface area (Å²) in [6, 6.07) is 12.6. The number of nitrogens with one attached hydrogen (secondary N) is 3. The number of pyridine rings is 1. The number of carbonyl (C=O) groups excluding carboxylic acids is 4. The van der Waals surface area contributed by atoms with Gasteiger partial charge in [-0.2, -0.15) is 0 Å². The molecule has 0 radical (unpaired) electrons. The summed E-state index contributed by atoms with van der Waals surface area (Å²) in [5, 5.41) is 35.0. The molecule has 17 nitrogen and oxygen atoms in total. The zero-order chi connectivity index (χ0) is 43.3. The van der Waals surface area contributed by atoms with Gasteiger partial charge in [0.2, 0.25) is 11.8 Å². The highest BCUT2D eigenvalue weighted by atomic mass is 79.9. The summed E-state index contributed by atoms with van der Waals surface area (Å²) in [7, 11) is 0. The summed E-state index contributed by atoms with van der Waals surface area (Å²) in [4.78, 5) is 76.0. The molecule has 6 amide bonds. The number of carboxylic acids is 1. The van der Waals surface area contributed by atoms with Crippen molar-refractivity contribution in [2.75, 3.05) is 56.0 Å². The molecule has 3 aliphatic heterocycles. The van der Waals surface area contributed by atoms with Crippen molar-refractivity contribution < 1.29 is 39.3 Å². The minimum atomic E-state index is -1.23. The number of piperidine rings is 1. The van der Waals surface area contributed by atoms with E-state index in [2.05, 4.69) is 57.7 Å². The Labute approximate surface area is 365 Å². The number of anilines is 2. The minimum absolute atomic E-state index is 0.0205. The van der Waals surface area contributed by atoms with Crippen molar-refractivity contribution in [3.63, 3.8) is 0 Å². The molecule has 60 heavy (non-hydrogen) atoms. The van der Waals surface area contributed by atoms with Crippen molar-refractivity contribution >= 4 is 73.1 Å². The molecule has 6 rings (SSSR count). The van der Waals surface area contributed by atoms with Gasteiger partial charge in [0.25, 0.3) is 0 Å². The maximum Gasteiger partial charge on any atom is 0.332 e. The number of aromatic hydroxyl groups is 1. The first kappa shape index (κ1) is 46.1. The van der Waals surface area contributed by atoms with Gasteiger partial charge < -0.3 is 56.6 Å². The number of aliphatic hydroxyl groups is 1.